The Morgan fingerprint density at radius 1 is 1.27 bits per heavy atom. The number of hydrogen-bond donors (Lipinski definition) is 2. The maximum Gasteiger partial charge on any atom is 0.270 e. The molecule has 2 N–H and O–H groups in total. The smallest absolute Gasteiger partial charge is 0.270 e. The number of benzene rings is 2. The highest BCUT2D eigenvalue weighted by atomic mass is 127. The van der Waals surface area contributed by atoms with E-state index in [2.05, 4.69) is 43.1 Å². The van der Waals surface area contributed by atoms with E-state index < -0.39 is 5.56 Å². The number of rotatable bonds is 4. The molecule has 0 fully saturated rings. The van der Waals surface area contributed by atoms with E-state index >= 15 is 0 Å². The molecule has 0 saturated heterocycles. The number of aromatic amines is 1. The molecule has 0 aliphatic heterocycles. The number of hydrogen-bond acceptors (Lipinski definition) is 5. The lowest BCUT2D eigenvalue weighted by Gasteiger charge is -2.06. The number of halogens is 2. The molecule has 0 bridgehead atoms. The zero-order valence-corrected chi connectivity index (χ0v) is 16.1. The van der Waals surface area contributed by atoms with E-state index in [0.717, 1.165) is 9.13 Å². The highest BCUT2D eigenvalue weighted by Gasteiger charge is 2.12. The number of nitrogens with zero attached hydrogens (tertiary/aromatic N) is 3. The van der Waals surface area contributed by atoms with E-state index in [9.17, 15) is 10.1 Å². The number of nitriles is 1. The van der Waals surface area contributed by atoms with Crippen LogP contribution in [0.4, 0.5) is 5.95 Å². The zero-order valence-electron chi connectivity index (χ0n) is 13.2. The van der Waals surface area contributed by atoms with Crippen molar-refractivity contribution >= 4 is 46.4 Å². The quantitative estimate of drug-likeness (QED) is 0.339. The molecule has 0 spiro atoms. The molecule has 1 aromatic heterocycles. The van der Waals surface area contributed by atoms with Gasteiger partial charge in [0.05, 0.1) is 16.9 Å². The first-order valence-corrected chi connectivity index (χ1v) is 8.88. The van der Waals surface area contributed by atoms with Crippen molar-refractivity contribution < 1.29 is 0 Å². The van der Waals surface area contributed by atoms with Crippen LogP contribution >= 0.6 is 34.2 Å². The minimum Gasteiger partial charge on any atom is -0.290 e. The second-order valence-corrected chi connectivity index (χ2v) is 6.73. The summed E-state index contributed by atoms with van der Waals surface area (Å²) in [5, 5.41) is 13.9. The van der Waals surface area contributed by atoms with Crippen molar-refractivity contribution in [3.63, 3.8) is 0 Å². The first kappa shape index (κ1) is 18.1. The Bertz CT molecular complexity index is 1070. The molecule has 0 radical (unpaired) electrons. The van der Waals surface area contributed by atoms with Crippen LogP contribution in [0, 0.1) is 14.9 Å². The third-order valence-electron chi connectivity index (χ3n) is 3.41. The fraction of sp³-hybridized carbons (Fsp3) is 0. The van der Waals surface area contributed by atoms with Gasteiger partial charge >= 0.3 is 0 Å². The van der Waals surface area contributed by atoms with Crippen LogP contribution in [0.1, 0.15) is 11.1 Å². The van der Waals surface area contributed by atoms with Crippen LogP contribution in [0.5, 0.6) is 0 Å². The maximum atomic E-state index is 12.2. The van der Waals surface area contributed by atoms with Gasteiger partial charge in [0, 0.05) is 9.13 Å². The molecule has 3 rings (SSSR count). The van der Waals surface area contributed by atoms with Crippen molar-refractivity contribution in [3.8, 4) is 17.3 Å². The molecule has 0 aliphatic rings. The molecule has 0 aliphatic carbocycles. The fourth-order valence-electron chi connectivity index (χ4n) is 2.20. The highest BCUT2D eigenvalue weighted by Crippen LogP contribution is 2.20. The molecule has 2 aromatic carbocycles. The summed E-state index contributed by atoms with van der Waals surface area (Å²) in [5.74, 6) is 0.140. The van der Waals surface area contributed by atoms with E-state index in [0.29, 0.717) is 16.3 Å². The van der Waals surface area contributed by atoms with E-state index in [1.807, 2.05) is 36.4 Å². The van der Waals surface area contributed by atoms with Gasteiger partial charge in [-0.2, -0.15) is 10.4 Å². The van der Waals surface area contributed by atoms with Crippen molar-refractivity contribution in [1.82, 2.24) is 9.97 Å². The molecule has 1 heterocycles. The Balaban J connectivity index is 1.90. The minimum atomic E-state index is -0.531. The van der Waals surface area contributed by atoms with Crippen LogP contribution in [-0.2, 0) is 0 Å². The van der Waals surface area contributed by atoms with Crippen molar-refractivity contribution in [2.75, 3.05) is 5.43 Å². The second-order valence-electron chi connectivity index (χ2n) is 5.16. The van der Waals surface area contributed by atoms with Crippen molar-refractivity contribution in [1.29, 1.82) is 5.26 Å². The van der Waals surface area contributed by atoms with Gasteiger partial charge in [-0.15, -0.1) is 0 Å². The number of H-pyrrole nitrogens is 1. The van der Waals surface area contributed by atoms with Gasteiger partial charge in [-0.25, -0.2) is 10.4 Å². The summed E-state index contributed by atoms with van der Waals surface area (Å²) in [6.07, 6.45) is 1.56. The zero-order chi connectivity index (χ0) is 18.5. The number of aromatic nitrogens is 2. The van der Waals surface area contributed by atoms with E-state index in [4.69, 9.17) is 11.6 Å². The van der Waals surface area contributed by atoms with Crippen LogP contribution in [-0.4, -0.2) is 16.2 Å². The van der Waals surface area contributed by atoms with Gasteiger partial charge in [0.25, 0.3) is 5.56 Å². The summed E-state index contributed by atoms with van der Waals surface area (Å²) in [5.41, 5.74) is 3.87. The first-order valence-electron chi connectivity index (χ1n) is 7.42. The highest BCUT2D eigenvalue weighted by molar-refractivity contribution is 14.1. The Kier molecular flexibility index (Phi) is 5.65. The predicted molar refractivity (Wildman–Crippen MR) is 110 cm³/mol. The molecule has 3 aromatic rings. The summed E-state index contributed by atoms with van der Waals surface area (Å²) in [7, 11) is 0. The minimum absolute atomic E-state index is 0.0462. The van der Waals surface area contributed by atoms with Gasteiger partial charge in [-0.05, 0) is 40.3 Å². The molecule has 8 heteroatoms. The molecule has 0 saturated carbocycles. The number of nitrogens with one attached hydrogen (secondary N) is 2. The molecule has 128 valence electrons. The molecular weight excluding hydrogens is 465 g/mol. The molecular formula is C18H11ClIN5O. The van der Waals surface area contributed by atoms with E-state index in [1.165, 1.54) is 0 Å². The average Bonchev–Trinajstić information content (AvgIpc) is 2.65. The van der Waals surface area contributed by atoms with Gasteiger partial charge in [0.2, 0.25) is 5.95 Å². The van der Waals surface area contributed by atoms with Crippen molar-refractivity contribution in [3.05, 3.63) is 78.6 Å². The van der Waals surface area contributed by atoms with Gasteiger partial charge in [-0.3, -0.25) is 9.78 Å². The predicted octanol–water partition coefficient (Wildman–Crippen LogP) is 4.01. The Morgan fingerprint density at radius 2 is 2.04 bits per heavy atom. The van der Waals surface area contributed by atoms with Crippen LogP contribution < -0.4 is 11.0 Å². The van der Waals surface area contributed by atoms with Crippen LogP contribution in [0.25, 0.3) is 11.3 Å². The number of hydrazone groups is 1. The average molecular weight is 476 g/mol. The third-order valence-corrected chi connectivity index (χ3v) is 4.98. The standard InChI is InChI=1S/C18H11ClIN5O/c19-14-8-11(6-7-15(14)20)10-22-25-18-23-16(12-4-2-1-3-5-12)13(9-21)17(26)24-18/h1-8,10H,(H2,23,24,25,26). The Hall–Kier alpha value is -2.70. The van der Waals surface area contributed by atoms with E-state index in [-0.39, 0.29) is 11.5 Å². The van der Waals surface area contributed by atoms with Gasteiger partial charge in [-0.1, -0.05) is 48.0 Å². The normalized spacial score (nSPS) is 10.7. The summed E-state index contributed by atoms with van der Waals surface area (Å²) in [6, 6.07) is 16.4. The van der Waals surface area contributed by atoms with E-state index in [1.54, 1.807) is 24.4 Å². The lowest BCUT2D eigenvalue weighted by Crippen LogP contribution is -2.16. The maximum absolute atomic E-state index is 12.2. The molecule has 26 heavy (non-hydrogen) atoms. The molecule has 0 unspecified atom stereocenters. The molecule has 0 atom stereocenters. The Morgan fingerprint density at radius 3 is 2.73 bits per heavy atom. The summed E-state index contributed by atoms with van der Waals surface area (Å²) in [6.45, 7) is 0. The molecule has 6 nitrogen and oxygen atoms in total. The molecule has 0 amide bonds. The number of anilines is 1. The topological polar surface area (TPSA) is 93.9 Å². The van der Waals surface area contributed by atoms with Crippen molar-refractivity contribution in [2.45, 2.75) is 0 Å². The largest absolute Gasteiger partial charge is 0.290 e. The van der Waals surface area contributed by atoms with Crippen LogP contribution in [0.15, 0.2) is 58.4 Å². The van der Waals surface area contributed by atoms with Crippen LogP contribution in [0.2, 0.25) is 5.02 Å². The fourth-order valence-corrected chi connectivity index (χ4v) is 2.72. The lowest BCUT2D eigenvalue weighted by molar-refractivity contribution is 1.08. The summed E-state index contributed by atoms with van der Waals surface area (Å²) in [4.78, 5) is 19.0. The summed E-state index contributed by atoms with van der Waals surface area (Å²) >= 11 is 8.21. The second kappa shape index (κ2) is 8.12. The summed E-state index contributed by atoms with van der Waals surface area (Å²) < 4.78 is 0.944. The van der Waals surface area contributed by atoms with Gasteiger partial charge in [0.1, 0.15) is 11.6 Å². The first-order chi connectivity index (χ1) is 12.6. The lowest BCUT2D eigenvalue weighted by atomic mass is 10.1. The third kappa shape index (κ3) is 4.09. The van der Waals surface area contributed by atoms with Gasteiger partial charge < -0.3 is 0 Å². The van der Waals surface area contributed by atoms with Crippen molar-refractivity contribution in [2.24, 2.45) is 5.10 Å². The SMILES string of the molecule is N#Cc1c(-c2ccccc2)nc(NN=Cc2ccc(I)c(Cl)c2)[nH]c1=O. The Labute approximate surface area is 167 Å². The monoisotopic (exact) mass is 475 g/mol. The van der Waals surface area contributed by atoms with Crippen LogP contribution in [0.3, 0.4) is 0 Å². The van der Waals surface area contributed by atoms with Gasteiger partial charge in [0.15, 0.2) is 0 Å².